The van der Waals surface area contributed by atoms with Gasteiger partial charge in [-0.2, -0.15) is 0 Å². The second-order valence-corrected chi connectivity index (χ2v) is 11.4. The van der Waals surface area contributed by atoms with Crippen molar-refractivity contribution in [3.8, 4) is 0 Å². The quantitative estimate of drug-likeness (QED) is 0.299. The molecule has 2 nitrogen and oxygen atoms in total. The van der Waals surface area contributed by atoms with Crippen molar-refractivity contribution in [2.45, 2.75) is 38.4 Å². The van der Waals surface area contributed by atoms with Gasteiger partial charge in [0, 0.05) is 20.7 Å². The molecule has 0 aromatic heterocycles. The van der Waals surface area contributed by atoms with E-state index in [1.165, 1.54) is 6.04 Å². The fourth-order valence-electron chi connectivity index (χ4n) is 1.71. The Bertz CT molecular complexity index is 368. The monoisotopic (exact) mass is 278 g/mol. The Morgan fingerprint density at radius 3 is 2.37 bits per heavy atom. The molecule has 0 spiro atoms. The molecule has 0 aliphatic heterocycles. The fourth-order valence-corrected chi connectivity index (χ4v) is 2.58. The first-order valence-corrected chi connectivity index (χ1v) is 10.6. The molecule has 1 unspecified atom stereocenters. The lowest BCUT2D eigenvalue weighted by atomic mass is 10.2. The van der Waals surface area contributed by atoms with Crippen molar-refractivity contribution in [2.75, 3.05) is 13.7 Å². The number of hydrogen-bond acceptors (Lipinski definition) is 2. The van der Waals surface area contributed by atoms with Crippen molar-refractivity contribution in [1.29, 1.82) is 0 Å². The van der Waals surface area contributed by atoms with E-state index < -0.39 is 8.07 Å². The first-order valence-electron chi connectivity index (χ1n) is 6.87. The van der Waals surface area contributed by atoms with Gasteiger partial charge >= 0.3 is 0 Å². The summed E-state index contributed by atoms with van der Waals surface area (Å²) in [6.07, 6.45) is 5.19. The molecule has 3 heteroatoms. The third-order valence-corrected chi connectivity index (χ3v) is 4.20. The molecule has 1 rings (SSSR count). The maximum absolute atomic E-state index is 5.75. The van der Waals surface area contributed by atoms with Crippen LogP contribution in [0.4, 0.5) is 0 Å². The molecule has 0 saturated heterocycles. The van der Waals surface area contributed by atoms with Crippen LogP contribution in [0.2, 0.25) is 25.7 Å². The highest BCUT2D eigenvalue weighted by atomic mass is 28.3. The number of methoxy groups -OCH3 is 1. The lowest BCUT2D eigenvalue weighted by molar-refractivity contribution is -0.126. The average Bonchev–Trinajstić information content (AvgIpc) is 2.38. The van der Waals surface area contributed by atoms with Crippen LogP contribution in [0.25, 0.3) is 0 Å². The first-order chi connectivity index (χ1) is 9.03. The molecule has 1 atom stereocenters. The standard InChI is InChI=1S/C16H26O2Si/c1-17-16(15-11-7-5-8-12-15)18-13-9-6-10-14-19(2,3)4/h5-8,10-12,16H,9,13-14H2,1-4H3/b10-6-. The largest absolute Gasteiger partial charge is 0.352 e. The zero-order chi connectivity index (χ0) is 14.1. The molecule has 0 aliphatic rings. The van der Waals surface area contributed by atoms with E-state index in [2.05, 4.69) is 31.8 Å². The van der Waals surface area contributed by atoms with E-state index in [0.29, 0.717) is 6.61 Å². The number of hydrogen-bond donors (Lipinski definition) is 0. The Kier molecular flexibility index (Phi) is 7.06. The van der Waals surface area contributed by atoms with Gasteiger partial charge in [0.05, 0.1) is 6.61 Å². The van der Waals surface area contributed by atoms with E-state index in [9.17, 15) is 0 Å². The minimum atomic E-state index is -0.951. The second kappa shape index (κ2) is 8.30. The van der Waals surface area contributed by atoms with Gasteiger partial charge in [-0.05, 0) is 12.5 Å². The Morgan fingerprint density at radius 1 is 1.11 bits per heavy atom. The normalized spacial score (nSPS) is 13.9. The van der Waals surface area contributed by atoms with Crippen LogP contribution in [-0.2, 0) is 9.47 Å². The van der Waals surface area contributed by atoms with Crippen molar-refractivity contribution in [1.82, 2.24) is 0 Å². The fraction of sp³-hybridized carbons (Fsp3) is 0.500. The van der Waals surface area contributed by atoms with E-state index in [1.807, 2.05) is 30.3 Å². The van der Waals surface area contributed by atoms with Crippen molar-refractivity contribution < 1.29 is 9.47 Å². The summed E-state index contributed by atoms with van der Waals surface area (Å²) >= 11 is 0. The summed E-state index contributed by atoms with van der Waals surface area (Å²) in [6, 6.07) is 11.3. The predicted molar refractivity (Wildman–Crippen MR) is 84.1 cm³/mol. The van der Waals surface area contributed by atoms with E-state index in [4.69, 9.17) is 9.47 Å². The van der Waals surface area contributed by atoms with Gasteiger partial charge in [0.1, 0.15) is 0 Å². The highest BCUT2D eigenvalue weighted by Crippen LogP contribution is 2.17. The Hall–Kier alpha value is -0.903. The van der Waals surface area contributed by atoms with Crippen molar-refractivity contribution >= 4 is 8.07 Å². The molecular formula is C16H26O2Si. The van der Waals surface area contributed by atoms with E-state index in [-0.39, 0.29) is 6.29 Å². The van der Waals surface area contributed by atoms with Crippen molar-refractivity contribution in [3.05, 3.63) is 48.0 Å². The van der Waals surface area contributed by atoms with Crippen LogP contribution in [0.3, 0.4) is 0 Å². The summed E-state index contributed by atoms with van der Waals surface area (Å²) in [4.78, 5) is 0. The van der Waals surface area contributed by atoms with Crippen molar-refractivity contribution in [2.24, 2.45) is 0 Å². The van der Waals surface area contributed by atoms with Gasteiger partial charge in [-0.1, -0.05) is 62.1 Å². The zero-order valence-electron chi connectivity index (χ0n) is 12.6. The smallest absolute Gasteiger partial charge is 0.183 e. The lowest BCUT2D eigenvalue weighted by Crippen LogP contribution is -2.17. The Morgan fingerprint density at radius 2 is 1.79 bits per heavy atom. The molecule has 0 bridgehead atoms. The van der Waals surface area contributed by atoms with Crippen LogP contribution < -0.4 is 0 Å². The Balaban J connectivity index is 2.28. The van der Waals surface area contributed by atoms with Crippen LogP contribution in [0, 0.1) is 0 Å². The third-order valence-electron chi connectivity index (χ3n) is 2.74. The summed E-state index contributed by atoms with van der Waals surface area (Å²) in [5.41, 5.74) is 1.07. The molecule has 0 heterocycles. The van der Waals surface area contributed by atoms with E-state index >= 15 is 0 Å². The number of ether oxygens (including phenoxy) is 2. The second-order valence-electron chi connectivity index (χ2n) is 5.87. The number of allylic oxidation sites excluding steroid dienone is 1. The molecule has 19 heavy (non-hydrogen) atoms. The highest BCUT2D eigenvalue weighted by molar-refractivity contribution is 6.76. The number of rotatable bonds is 8. The molecule has 0 amide bonds. The lowest BCUT2D eigenvalue weighted by Gasteiger charge is -2.16. The van der Waals surface area contributed by atoms with Crippen molar-refractivity contribution in [3.63, 3.8) is 0 Å². The van der Waals surface area contributed by atoms with Gasteiger partial charge in [-0.15, -0.1) is 0 Å². The van der Waals surface area contributed by atoms with Gasteiger partial charge < -0.3 is 9.47 Å². The predicted octanol–water partition coefficient (Wildman–Crippen LogP) is 4.63. The molecule has 0 aliphatic carbocycles. The molecule has 1 aromatic carbocycles. The topological polar surface area (TPSA) is 18.5 Å². The maximum atomic E-state index is 5.75. The summed E-state index contributed by atoms with van der Waals surface area (Å²) in [6.45, 7) is 7.83. The van der Waals surface area contributed by atoms with E-state index in [1.54, 1.807) is 7.11 Å². The summed E-state index contributed by atoms with van der Waals surface area (Å²) in [5.74, 6) is 0. The van der Waals surface area contributed by atoms with Gasteiger partial charge in [0.25, 0.3) is 0 Å². The summed E-state index contributed by atoms with van der Waals surface area (Å²) < 4.78 is 11.1. The van der Waals surface area contributed by atoms with Crippen LogP contribution >= 0.6 is 0 Å². The zero-order valence-corrected chi connectivity index (χ0v) is 13.6. The molecule has 0 N–H and O–H groups in total. The number of benzene rings is 1. The highest BCUT2D eigenvalue weighted by Gasteiger charge is 2.10. The Labute approximate surface area is 118 Å². The summed E-state index contributed by atoms with van der Waals surface area (Å²) in [7, 11) is 0.728. The van der Waals surface area contributed by atoms with Crippen LogP contribution in [0.1, 0.15) is 18.3 Å². The molecule has 0 radical (unpaired) electrons. The van der Waals surface area contributed by atoms with Gasteiger partial charge in [0.2, 0.25) is 0 Å². The van der Waals surface area contributed by atoms with Crippen LogP contribution in [-0.4, -0.2) is 21.8 Å². The SMILES string of the molecule is COC(OCC/C=C\C[Si](C)(C)C)c1ccccc1. The average molecular weight is 278 g/mol. The minimum absolute atomic E-state index is 0.258. The molecular weight excluding hydrogens is 252 g/mol. The van der Waals surface area contributed by atoms with Gasteiger partial charge in [0.15, 0.2) is 6.29 Å². The van der Waals surface area contributed by atoms with Crippen LogP contribution in [0.5, 0.6) is 0 Å². The third kappa shape index (κ3) is 7.30. The van der Waals surface area contributed by atoms with Crippen LogP contribution in [0.15, 0.2) is 42.5 Å². The molecule has 0 saturated carbocycles. The van der Waals surface area contributed by atoms with Gasteiger partial charge in [-0.25, -0.2) is 0 Å². The maximum Gasteiger partial charge on any atom is 0.183 e. The van der Waals surface area contributed by atoms with E-state index in [0.717, 1.165) is 12.0 Å². The molecule has 0 fully saturated rings. The summed E-state index contributed by atoms with van der Waals surface area (Å²) in [5, 5.41) is 0. The molecule has 106 valence electrons. The first kappa shape index (κ1) is 16.2. The minimum Gasteiger partial charge on any atom is -0.352 e. The van der Waals surface area contributed by atoms with Gasteiger partial charge in [-0.3, -0.25) is 0 Å². The molecule has 1 aromatic rings.